The number of unbranched alkanes of at least 4 members (excludes halogenated alkanes) is 58. The van der Waals surface area contributed by atoms with Crippen molar-refractivity contribution in [3.05, 3.63) is 212 Å². The van der Waals surface area contributed by atoms with Crippen LogP contribution in [0.1, 0.15) is 519 Å². The lowest BCUT2D eigenvalue weighted by Crippen LogP contribution is -2.46. The summed E-state index contributed by atoms with van der Waals surface area (Å²) in [5.41, 5.74) is 15.4. The summed E-state index contributed by atoms with van der Waals surface area (Å²) in [6.45, 7) is 14.1. The Kier molecular flexibility index (Phi) is 57.7. The third-order valence-corrected chi connectivity index (χ3v) is 26.6. The first-order chi connectivity index (χ1) is 57.0. The van der Waals surface area contributed by atoms with Crippen LogP contribution in [-0.4, -0.2) is 0 Å². The highest BCUT2D eigenvalue weighted by molar-refractivity contribution is 5.59. The molecule has 6 aromatic carbocycles. The molecule has 0 unspecified atom stereocenters. The molecule has 0 aliphatic rings. The highest BCUT2D eigenvalue weighted by atomic mass is 16.5. The molecule has 0 aromatic heterocycles. The molecule has 0 saturated heterocycles. The van der Waals surface area contributed by atoms with E-state index in [1.165, 1.54) is 444 Å². The molecule has 0 fully saturated rings. The van der Waals surface area contributed by atoms with Crippen LogP contribution in [0.4, 0.5) is 0 Å². The number of ether oxygens (including phenoxy) is 1. The Labute approximate surface area is 714 Å². The lowest BCUT2D eigenvalue weighted by atomic mass is 9.71. The van der Waals surface area contributed by atoms with Gasteiger partial charge in [0, 0.05) is 0 Å². The largest absolute Gasteiger partial charge is 0.340 e. The van der Waals surface area contributed by atoms with Crippen molar-refractivity contribution >= 4 is 0 Å². The molecule has 6 aromatic rings. The number of benzene rings is 6. The maximum atomic E-state index is 9.58. The predicted octanol–water partition coefficient (Wildman–Crippen LogP) is 37.3. The summed E-state index contributed by atoms with van der Waals surface area (Å²) in [5, 5.41) is 0. The summed E-state index contributed by atoms with van der Waals surface area (Å²) in [6, 6.07) is 58.3. The van der Waals surface area contributed by atoms with Crippen LogP contribution in [0, 0.1) is 0 Å². The monoisotopic (exact) mass is 1570 g/mol. The van der Waals surface area contributed by atoms with Crippen molar-refractivity contribution in [1.29, 1.82) is 0 Å². The molecule has 0 amide bonds. The molecule has 115 heavy (non-hydrogen) atoms. The molecule has 0 aliphatic heterocycles. The summed E-state index contributed by atoms with van der Waals surface area (Å²) < 4.78 is 9.58. The molecular formula is C114H182O. The van der Waals surface area contributed by atoms with Crippen LogP contribution in [-0.2, 0) is 54.5 Å². The normalized spacial score (nSPS) is 11.9. The number of aryl methyl sites for hydroxylation is 2. The molecule has 0 atom stereocenters. The molecule has 0 aliphatic carbocycles. The van der Waals surface area contributed by atoms with E-state index >= 15 is 0 Å². The third kappa shape index (κ3) is 39.1. The Morgan fingerprint density at radius 3 is 0.496 bits per heavy atom. The van der Waals surface area contributed by atoms with E-state index in [9.17, 15) is 4.74 Å². The van der Waals surface area contributed by atoms with Gasteiger partial charge in [0.05, 0.1) is 0 Å². The van der Waals surface area contributed by atoms with E-state index in [0.29, 0.717) is 0 Å². The van der Waals surface area contributed by atoms with Gasteiger partial charge in [-0.1, -0.05) is 560 Å². The van der Waals surface area contributed by atoms with Gasteiger partial charge >= 0.3 is 0 Å². The Morgan fingerprint density at radius 2 is 0.313 bits per heavy atom. The molecule has 0 radical (unpaired) electrons. The SMILES string of the molecule is CCCCCCCCCCCCCCc1c(CCCCCCCCCC)ccc(C(OC(c2ccccc2)(c2ccccc2)c2ccc(CCCCCCCCCC)c(CCCCCCCCCCCCCC)c2CCCCCCCCCCCCCC)(c2ccccc2)c2ccccc2)c1CCCCCCCCCCCCCC. The molecule has 644 valence electrons. The first kappa shape index (κ1) is 99.1. The van der Waals surface area contributed by atoms with Gasteiger partial charge in [0.25, 0.3) is 0 Å². The van der Waals surface area contributed by atoms with E-state index < -0.39 is 11.2 Å². The standard InChI is InChI=1S/C114H182O/c1-7-13-19-25-31-37-41-45-49-55-61-79-93-107-101(83-69-59-53-35-29-23-17-11-5)97-99-111(109(107)95-81-63-57-51-47-43-39-33-27-21-15-9-3)113(103-85-71-65-72-86-103,104-87-73-66-74-88-104)115-114(105-89-75-67-76-90-105,106-91-77-68-78-92-106)112-100-98-102(84-70-60-54-36-30-24-18-12-6)108(94-80-62-56-50-46-42-38-32-26-20-14-8-2)110(112)96-82-64-58-52-48-44-40-34-28-22-16-10-4/h65-68,71-78,85-92,97-100H,7-64,69-70,79-84,93-96H2,1-6H3. The van der Waals surface area contributed by atoms with Crippen LogP contribution in [0.2, 0.25) is 0 Å². The average molecular weight is 1570 g/mol. The molecule has 0 spiro atoms. The molecule has 0 saturated carbocycles. The van der Waals surface area contributed by atoms with Gasteiger partial charge in [0.2, 0.25) is 0 Å². The Hall–Kier alpha value is -4.72. The van der Waals surface area contributed by atoms with Crippen molar-refractivity contribution in [3.63, 3.8) is 0 Å². The maximum absolute atomic E-state index is 9.58. The minimum atomic E-state index is -1.04. The fraction of sp³-hybridized carbons (Fsp3) is 0.684. The quantitative estimate of drug-likeness (QED) is 0.0273. The van der Waals surface area contributed by atoms with Gasteiger partial charge in [-0.05, 0) is 144 Å². The van der Waals surface area contributed by atoms with Crippen LogP contribution in [0.3, 0.4) is 0 Å². The molecule has 1 heteroatoms. The zero-order valence-electron chi connectivity index (χ0n) is 76.8. The van der Waals surface area contributed by atoms with Crippen LogP contribution in [0.5, 0.6) is 0 Å². The van der Waals surface area contributed by atoms with Gasteiger partial charge < -0.3 is 4.74 Å². The van der Waals surface area contributed by atoms with Gasteiger partial charge in [-0.3, -0.25) is 0 Å². The second-order valence-corrected chi connectivity index (χ2v) is 36.4. The topological polar surface area (TPSA) is 9.23 Å². The first-order valence-electron chi connectivity index (χ1n) is 51.2. The smallest absolute Gasteiger partial charge is 0.146 e. The summed E-state index contributed by atoms with van der Waals surface area (Å²) in [4.78, 5) is 0. The van der Waals surface area contributed by atoms with Crippen LogP contribution in [0.15, 0.2) is 146 Å². The van der Waals surface area contributed by atoms with Gasteiger partial charge in [-0.15, -0.1) is 0 Å². The van der Waals surface area contributed by atoms with Crippen molar-refractivity contribution in [2.75, 3.05) is 0 Å². The molecule has 0 N–H and O–H groups in total. The molecular weight excluding hydrogens is 1390 g/mol. The van der Waals surface area contributed by atoms with Gasteiger partial charge in [0.1, 0.15) is 11.2 Å². The molecule has 1 nitrogen and oxygen atoms in total. The summed E-state index contributed by atoms with van der Waals surface area (Å²) >= 11 is 0. The summed E-state index contributed by atoms with van der Waals surface area (Å²) in [6.07, 6.45) is 93.7. The van der Waals surface area contributed by atoms with E-state index in [4.69, 9.17) is 0 Å². The molecule has 6 rings (SSSR count). The lowest BCUT2D eigenvalue weighted by molar-refractivity contribution is -0.0819. The van der Waals surface area contributed by atoms with Gasteiger partial charge in [-0.2, -0.15) is 0 Å². The third-order valence-electron chi connectivity index (χ3n) is 26.6. The Balaban J connectivity index is 1.60. The van der Waals surface area contributed by atoms with Crippen LogP contribution >= 0.6 is 0 Å². The molecule has 0 bridgehead atoms. The fourth-order valence-corrected chi connectivity index (χ4v) is 19.5. The summed E-state index contributed by atoms with van der Waals surface area (Å²) in [7, 11) is 0. The second kappa shape index (κ2) is 67.0. The van der Waals surface area contributed by atoms with Crippen LogP contribution in [0.25, 0.3) is 0 Å². The zero-order chi connectivity index (χ0) is 81.1. The van der Waals surface area contributed by atoms with E-state index in [2.05, 4.69) is 187 Å². The Morgan fingerprint density at radius 1 is 0.157 bits per heavy atom. The van der Waals surface area contributed by atoms with Crippen molar-refractivity contribution in [2.45, 2.75) is 502 Å². The van der Waals surface area contributed by atoms with Crippen molar-refractivity contribution in [1.82, 2.24) is 0 Å². The fourth-order valence-electron chi connectivity index (χ4n) is 19.5. The van der Waals surface area contributed by atoms with E-state index in [1.54, 1.807) is 33.4 Å². The minimum Gasteiger partial charge on any atom is -0.340 e. The number of hydrogen-bond acceptors (Lipinski definition) is 1. The lowest BCUT2D eigenvalue weighted by Gasteiger charge is -2.48. The summed E-state index contributed by atoms with van der Waals surface area (Å²) in [5.74, 6) is 0. The highest BCUT2D eigenvalue weighted by Crippen LogP contribution is 2.54. The maximum Gasteiger partial charge on any atom is 0.146 e. The predicted molar refractivity (Wildman–Crippen MR) is 511 cm³/mol. The minimum absolute atomic E-state index is 1.04. The Bertz CT molecular complexity index is 2860. The second-order valence-electron chi connectivity index (χ2n) is 36.4. The number of rotatable bonds is 78. The van der Waals surface area contributed by atoms with Crippen LogP contribution < -0.4 is 0 Å². The zero-order valence-corrected chi connectivity index (χ0v) is 76.8. The van der Waals surface area contributed by atoms with Gasteiger partial charge in [0.15, 0.2) is 0 Å². The van der Waals surface area contributed by atoms with Crippen molar-refractivity contribution in [3.8, 4) is 0 Å². The first-order valence-corrected chi connectivity index (χ1v) is 51.2. The van der Waals surface area contributed by atoms with Crippen molar-refractivity contribution < 1.29 is 4.74 Å². The van der Waals surface area contributed by atoms with E-state index in [-0.39, 0.29) is 0 Å². The highest BCUT2D eigenvalue weighted by Gasteiger charge is 2.51. The van der Waals surface area contributed by atoms with E-state index in [0.717, 1.165) is 38.5 Å². The average Bonchev–Trinajstić information content (AvgIpc) is 0.709. The van der Waals surface area contributed by atoms with E-state index in [1.807, 2.05) is 0 Å². The molecule has 0 heterocycles. The van der Waals surface area contributed by atoms with Crippen molar-refractivity contribution in [2.24, 2.45) is 0 Å². The van der Waals surface area contributed by atoms with Gasteiger partial charge in [-0.25, -0.2) is 0 Å². The number of hydrogen-bond donors (Lipinski definition) is 0.